The van der Waals surface area contributed by atoms with Crippen molar-refractivity contribution in [3.63, 3.8) is 0 Å². The number of anilines is 1. The maximum atomic E-state index is 4.99. The van der Waals surface area contributed by atoms with Gasteiger partial charge in [0.25, 0.3) is 0 Å². The molecule has 1 aliphatic rings. The summed E-state index contributed by atoms with van der Waals surface area (Å²) < 4.78 is 1.82. The Hall–Kier alpha value is -3.97. The van der Waals surface area contributed by atoms with Gasteiger partial charge in [-0.1, -0.05) is 36.4 Å². The highest BCUT2D eigenvalue weighted by atomic mass is 15.2. The number of piperazine rings is 1. The number of rotatable bonds is 4. The van der Waals surface area contributed by atoms with Crippen molar-refractivity contribution in [2.75, 3.05) is 38.1 Å². The molecule has 34 heavy (non-hydrogen) atoms. The zero-order valence-corrected chi connectivity index (χ0v) is 19.4. The summed E-state index contributed by atoms with van der Waals surface area (Å²) in [6.45, 7) is 4.33. The number of H-pyrrole nitrogens is 1. The van der Waals surface area contributed by atoms with Crippen molar-refractivity contribution in [1.82, 2.24) is 29.6 Å². The number of likely N-dealkylation sites (N-methyl/N-ethyl adjacent to an activating group) is 1. The Bertz CT molecular complexity index is 1420. The summed E-state index contributed by atoms with van der Waals surface area (Å²) in [7, 11) is 4.11. The van der Waals surface area contributed by atoms with Crippen LogP contribution in [0.1, 0.15) is 0 Å². The average molecular weight is 450 g/mol. The van der Waals surface area contributed by atoms with Crippen LogP contribution >= 0.6 is 0 Å². The number of nitrogens with zero attached hydrogens (tertiary/aromatic N) is 6. The van der Waals surface area contributed by atoms with Crippen LogP contribution in [0.5, 0.6) is 0 Å². The number of benzene rings is 2. The monoisotopic (exact) mass is 449 g/mol. The first-order chi connectivity index (χ1) is 16.6. The molecule has 0 aliphatic carbocycles. The van der Waals surface area contributed by atoms with Gasteiger partial charge in [-0.05, 0) is 30.3 Å². The summed E-state index contributed by atoms with van der Waals surface area (Å²) in [5, 5.41) is 4.27. The largest absolute Gasteiger partial charge is 0.369 e. The van der Waals surface area contributed by atoms with Gasteiger partial charge in [-0.3, -0.25) is 4.68 Å². The van der Waals surface area contributed by atoms with Crippen molar-refractivity contribution in [2.45, 2.75) is 0 Å². The van der Waals surface area contributed by atoms with E-state index in [4.69, 9.17) is 4.98 Å². The van der Waals surface area contributed by atoms with E-state index in [2.05, 4.69) is 80.4 Å². The van der Waals surface area contributed by atoms with Crippen molar-refractivity contribution in [3.05, 3.63) is 73.3 Å². The van der Waals surface area contributed by atoms with Crippen molar-refractivity contribution in [1.29, 1.82) is 0 Å². The fourth-order valence-electron chi connectivity index (χ4n) is 4.57. The highest BCUT2D eigenvalue weighted by Crippen LogP contribution is 2.31. The molecule has 2 aromatic carbocycles. The third kappa shape index (κ3) is 3.84. The number of fused-ring (bicyclic) bond motifs is 1. The lowest BCUT2D eigenvalue weighted by atomic mass is 10.0. The number of aryl methyl sites for hydroxylation is 1. The van der Waals surface area contributed by atoms with Gasteiger partial charge in [0, 0.05) is 68.0 Å². The molecular formula is C27H27N7. The van der Waals surface area contributed by atoms with E-state index in [1.54, 1.807) is 0 Å². The van der Waals surface area contributed by atoms with Gasteiger partial charge in [0.15, 0.2) is 5.65 Å². The second-order valence-electron chi connectivity index (χ2n) is 8.97. The van der Waals surface area contributed by atoms with Crippen LogP contribution in [0.15, 0.2) is 73.3 Å². The third-order valence-electron chi connectivity index (χ3n) is 6.65. The minimum atomic E-state index is 0.796. The number of nitrogens with one attached hydrogen (secondary N) is 1. The van der Waals surface area contributed by atoms with Gasteiger partial charge in [-0.15, -0.1) is 0 Å². The summed E-state index contributed by atoms with van der Waals surface area (Å²) in [4.78, 5) is 17.7. The van der Waals surface area contributed by atoms with Gasteiger partial charge in [-0.2, -0.15) is 5.10 Å². The smallest absolute Gasteiger partial charge is 0.156 e. The summed E-state index contributed by atoms with van der Waals surface area (Å²) in [5.74, 6) is 0. The van der Waals surface area contributed by atoms with Gasteiger partial charge >= 0.3 is 0 Å². The minimum Gasteiger partial charge on any atom is -0.369 e. The number of aromatic amines is 1. The molecule has 5 aromatic rings. The Morgan fingerprint density at radius 2 is 1.47 bits per heavy atom. The molecule has 0 bridgehead atoms. The van der Waals surface area contributed by atoms with Crippen molar-refractivity contribution in [2.24, 2.45) is 7.05 Å². The molecule has 3 aromatic heterocycles. The van der Waals surface area contributed by atoms with Crippen LogP contribution in [0, 0.1) is 0 Å². The fourth-order valence-corrected chi connectivity index (χ4v) is 4.57. The van der Waals surface area contributed by atoms with Gasteiger partial charge in [0.1, 0.15) is 5.52 Å². The van der Waals surface area contributed by atoms with Gasteiger partial charge in [0.2, 0.25) is 0 Å². The maximum absolute atomic E-state index is 4.99. The van der Waals surface area contributed by atoms with Crippen LogP contribution in [-0.2, 0) is 7.05 Å². The molecule has 0 atom stereocenters. The van der Waals surface area contributed by atoms with E-state index >= 15 is 0 Å². The van der Waals surface area contributed by atoms with Crippen LogP contribution in [0.4, 0.5) is 5.69 Å². The molecule has 170 valence electrons. The number of hydrogen-bond acceptors (Lipinski definition) is 5. The van der Waals surface area contributed by atoms with Gasteiger partial charge in [-0.25, -0.2) is 9.97 Å². The summed E-state index contributed by atoms with van der Waals surface area (Å²) in [6.07, 6.45) is 7.74. The number of aromatic nitrogens is 5. The summed E-state index contributed by atoms with van der Waals surface area (Å²) >= 11 is 0. The Balaban J connectivity index is 1.28. The van der Waals surface area contributed by atoms with Crippen LogP contribution in [0.2, 0.25) is 0 Å². The van der Waals surface area contributed by atoms with E-state index in [9.17, 15) is 0 Å². The highest BCUT2D eigenvalue weighted by Gasteiger charge is 2.15. The first-order valence-electron chi connectivity index (χ1n) is 11.6. The standard InChI is InChI=1S/C27H27N7/c1-32-11-13-34(14-12-32)23-9-7-21(8-10-23)25-17-29-27-26(31-25)24(16-28-27)20-5-3-19(4-6-20)22-15-30-33(2)18-22/h3-10,15-18H,11-14H2,1-2H3,(H,28,29). The molecule has 4 heterocycles. The zero-order chi connectivity index (χ0) is 23.1. The van der Waals surface area contributed by atoms with E-state index < -0.39 is 0 Å². The SMILES string of the molecule is CN1CCN(c2ccc(-c3cnc4[nH]cc(-c5ccc(-c6cnn(C)c6)cc5)c4n3)cc2)CC1. The number of hydrogen-bond donors (Lipinski definition) is 1. The Labute approximate surface area is 198 Å². The lowest BCUT2D eigenvalue weighted by molar-refractivity contribution is 0.313. The molecule has 7 nitrogen and oxygen atoms in total. The van der Waals surface area contributed by atoms with E-state index in [0.717, 1.165) is 70.9 Å². The van der Waals surface area contributed by atoms with Crippen LogP contribution < -0.4 is 4.90 Å². The molecule has 1 fully saturated rings. The third-order valence-corrected chi connectivity index (χ3v) is 6.65. The Morgan fingerprint density at radius 1 is 0.765 bits per heavy atom. The molecule has 6 rings (SSSR count). The van der Waals surface area contributed by atoms with Crippen molar-refractivity contribution >= 4 is 16.9 Å². The Morgan fingerprint density at radius 3 is 2.18 bits per heavy atom. The molecular weight excluding hydrogens is 422 g/mol. The lowest BCUT2D eigenvalue weighted by Crippen LogP contribution is -2.44. The van der Waals surface area contributed by atoms with E-state index in [1.807, 2.05) is 36.5 Å². The van der Waals surface area contributed by atoms with Crippen molar-refractivity contribution in [3.8, 4) is 33.5 Å². The fraction of sp³-hybridized carbons (Fsp3) is 0.222. The molecule has 1 aliphatic heterocycles. The molecule has 0 spiro atoms. The van der Waals surface area contributed by atoms with E-state index in [0.29, 0.717) is 0 Å². The highest BCUT2D eigenvalue weighted by molar-refractivity contribution is 5.91. The van der Waals surface area contributed by atoms with E-state index in [-0.39, 0.29) is 0 Å². The normalized spacial score (nSPS) is 14.7. The lowest BCUT2D eigenvalue weighted by Gasteiger charge is -2.34. The summed E-state index contributed by atoms with van der Waals surface area (Å²) in [5.41, 5.74) is 9.31. The molecule has 0 saturated carbocycles. The van der Waals surface area contributed by atoms with Crippen molar-refractivity contribution < 1.29 is 0 Å². The molecule has 0 amide bonds. The van der Waals surface area contributed by atoms with Crippen LogP contribution in [0.3, 0.4) is 0 Å². The molecule has 1 N–H and O–H groups in total. The maximum Gasteiger partial charge on any atom is 0.156 e. The first-order valence-corrected chi connectivity index (χ1v) is 11.6. The quantitative estimate of drug-likeness (QED) is 0.439. The second-order valence-corrected chi connectivity index (χ2v) is 8.97. The topological polar surface area (TPSA) is 65.9 Å². The zero-order valence-electron chi connectivity index (χ0n) is 19.4. The molecule has 7 heteroatoms. The van der Waals surface area contributed by atoms with Crippen LogP contribution in [-0.4, -0.2) is 62.9 Å². The first kappa shape index (κ1) is 20.6. The molecule has 0 radical (unpaired) electrons. The predicted molar refractivity (Wildman–Crippen MR) is 137 cm³/mol. The van der Waals surface area contributed by atoms with Gasteiger partial charge in [0.05, 0.1) is 18.1 Å². The summed E-state index contributed by atoms with van der Waals surface area (Å²) in [6, 6.07) is 17.2. The van der Waals surface area contributed by atoms with Crippen LogP contribution in [0.25, 0.3) is 44.7 Å². The Kier molecular flexibility index (Phi) is 5.11. The minimum absolute atomic E-state index is 0.796. The average Bonchev–Trinajstić information content (AvgIpc) is 3.51. The second kappa shape index (κ2) is 8.43. The van der Waals surface area contributed by atoms with E-state index in [1.165, 1.54) is 5.69 Å². The predicted octanol–water partition coefficient (Wildman–Crippen LogP) is 4.44. The molecule has 0 unspecified atom stereocenters. The van der Waals surface area contributed by atoms with Gasteiger partial charge < -0.3 is 14.8 Å². The molecule has 1 saturated heterocycles.